The van der Waals surface area contributed by atoms with Gasteiger partial charge >= 0.3 is 5.97 Å². The number of carbonyl (C=O) groups excluding carboxylic acids is 1. The van der Waals surface area contributed by atoms with E-state index in [1.165, 1.54) is 0 Å². The highest BCUT2D eigenvalue weighted by molar-refractivity contribution is 6.64. The first kappa shape index (κ1) is 11.2. The van der Waals surface area contributed by atoms with E-state index in [9.17, 15) is 9.59 Å². The highest BCUT2D eigenvalue weighted by Gasteiger charge is 2.22. The number of hydrogen-bond donors (Lipinski definition) is 2. The number of rotatable bonds is 6. The molecule has 0 spiro atoms. The molecule has 0 saturated heterocycles. The van der Waals surface area contributed by atoms with Gasteiger partial charge in [0.05, 0.1) is 12.2 Å². The van der Waals surface area contributed by atoms with Crippen LogP contribution in [0.2, 0.25) is 0 Å². The first-order valence-corrected chi connectivity index (χ1v) is 3.89. The molecule has 4 nitrogen and oxygen atoms in total. The summed E-state index contributed by atoms with van der Waals surface area (Å²) in [5.41, 5.74) is 0. The van der Waals surface area contributed by atoms with Crippen molar-refractivity contribution in [1.82, 2.24) is 5.23 Å². The van der Waals surface area contributed by atoms with Crippen molar-refractivity contribution in [1.29, 1.82) is 0 Å². The molecule has 0 aliphatic rings. The van der Waals surface area contributed by atoms with Crippen LogP contribution in [0.3, 0.4) is 0 Å². The molecule has 0 rings (SSSR count). The van der Waals surface area contributed by atoms with Gasteiger partial charge in [0.15, 0.2) is 0 Å². The fraction of sp³-hybridized carbons (Fsp3) is 0.714. The minimum atomic E-state index is -0.928. The Kier molecular flexibility index (Phi) is 5.37. The Balaban J connectivity index is 4.02. The third-order valence-electron chi connectivity index (χ3n) is 1.82. The Hall–Kier alpha value is -0.835. The molecule has 0 bridgehead atoms. The molecule has 5 heteroatoms. The maximum atomic E-state index is 10.6. The summed E-state index contributed by atoms with van der Waals surface area (Å²) in [5, 5.41) is 11.2. The highest BCUT2D eigenvalue weighted by atomic mass is 16.4. The SMILES string of the molecule is CC[C@H](C)[C@H](N[B]C=O)C(=O)O. The van der Waals surface area contributed by atoms with Crippen LogP contribution in [0.1, 0.15) is 20.3 Å². The van der Waals surface area contributed by atoms with E-state index in [1.807, 2.05) is 13.8 Å². The lowest BCUT2D eigenvalue weighted by Gasteiger charge is -2.18. The average molecular weight is 170 g/mol. The van der Waals surface area contributed by atoms with E-state index in [4.69, 9.17) is 5.11 Å². The summed E-state index contributed by atoms with van der Waals surface area (Å²) in [5.74, 6) is -0.916. The van der Waals surface area contributed by atoms with Crippen molar-refractivity contribution < 1.29 is 14.7 Å². The molecule has 12 heavy (non-hydrogen) atoms. The fourth-order valence-electron chi connectivity index (χ4n) is 0.858. The van der Waals surface area contributed by atoms with Crippen LogP contribution in [0, 0.1) is 5.92 Å². The van der Waals surface area contributed by atoms with Crippen LogP contribution in [0.15, 0.2) is 0 Å². The van der Waals surface area contributed by atoms with Gasteiger partial charge in [-0.25, -0.2) is 0 Å². The second-order valence-corrected chi connectivity index (χ2v) is 2.67. The molecule has 0 fully saturated rings. The molecule has 0 aromatic heterocycles. The van der Waals surface area contributed by atoms with E-state index in [0.717, 1.165) is 13.8 Å². The fourth-order valence-corrected chi connectivity index (χ4v) is 0.858. The molecule has 0 amide bonds. The van der Waals surface area contributed by atoms with Gasteiger partial charge in [-0.1, -0.05) is 20.3 Å². The molecule has 0 unspecified atom stereocenters. The first-order valence-electron chi connectivity index (χ1n) is 3.89. The predicted molar refractivity (Wildman–Crippen MR) is 46.5 cm³/mol. The molecule has 1 radical (unpaired) electrons. The maximum absolute atomic E-state index is 10.6. The summed E-state index contributed by atoms with van der Waals surface area (Å²) in [4.78, 5) is 20.5. The van der Waals surface area contributed by atoms with E-state index in [-0.39, 0.29) is 5.92 Å². The van der Waals surface area contributed by atoms with Crippen LogP contribution >= 0.6 is 0 Å². The first-order chi connectivity index (χ1) is 5.63. The number of nitrogens with one attached hydrogen (secondary N) is 1. The third kappa shape index (κ3) is 3.53. The second kappa shape index (κ2) is 5.77. The summed E-state index contributed by atoms with van der Waals surface area (Å²) in [6.07, 6.45) is 1.30. The molecular weight excluding hydrogens is 157 g/mol. The van der Waals surface area contributed by atoms with Crippen molar-refractivity contribution in [3.63, 3.8) is 0 Å². The Morgan fingerprint density at radius 1 is 1.75 bits per heavy atom. The van der Waals surface area contributed by atoms with Crippen LogP contribution < -0.4 is 5.23 Å². The van der Waals surface area contributed by atoms with Crippen molar-refractivity contribution >= 4 is 19.6 Å². The molecule has 0 aliphatic heterocycles. The number of carboxylic acid groups (broad SMARTS) is 1. The van der Waals surface area contributed by atoms with E-state index in [0.29, 0.717) is 6.19 Å². The Morgan fingerprint density at radius 2 is 2.33 bits per heavy atom. The van der Waals surface area contributed by atoms with Gasteiger partial charge in [-0.2, -0.15) is 0 Å². The van der Waals surface area contributed by atoms with Crippen LogP contribution in [0.25, 0.3) is 0 Å². The minimum absolute atomic E-state index is 0.0127. The summed E-state index contributed by atoms with van der Waals surface area (Å²) in [6, 6.07) is -0.666. The van der Waals surface area contributed by atoms with E-state index >= 15 is 0 Å². The van der Waals surface area contributed by atoms with Crippen LogP contribution in [-0.4, -0.2) is 30.7 Å². The van der Waals surface area contributed by atoms with E-state index in [1.54, 1.807) is 0 Å². The van der Waals surface area contributed by atoms with Gasteiger partial charge in [0.25, 0.3) is 7.41 Å². The van der Waals surface area contributed by atoms with Crippen LogP contribution in [0.5, 0.6) is 0 Å². The van der Waals surface area contributed by atoms with Gasteiger partial charge in [0.2, 0.25) is 0 Å². The number of hydrogen-bond acceptors (Lipinski definition) is 3. The van der Waals surface area contributed by atoms with Crippen molar-refractivity contribution in [3.8, 4) is 0 Å². The van der Waals surface area contributed by atoms with Gasteiger partial charge in [0.1, 0.15) is 0 Å². The lowest BCUT2D eigenvalue weighted by Crippen LogP contribution is -2.44. The molecular formula is C7H13BNO3. The Bertz CT molecular complexity index is 163. The predicted octanol–water partition coefficient (Wildman–Crippen LogP) is -0.115. The van der Waals surface area contributed by atoms with E-state index < -0.39 is 12.0 Å². The van der Waals surface area contributed by atoms with Crippen molar-refractivity contribution in [2.75, 3.05) is 0 Å². The van der Waals surface area contributed by atoms with Gasteiger partial charge in [0, 0.05) is 0 Å². The largest absolute Gasteiger partial charge is 0.480 e. The molecule has 0 aromatic rings. The highest BCUT2D eigenvalue weighted by Crippen LogP contribution is 2.06. The lowest BCUT2D eigenvalue weighted by atomic mass is 9.90. The zero-order valence-corrected chi connectivity index (χ0v) is 7.28. The standard InChI is InChI=1S/C7H13BNO3/c1-3-5(2)6(7(11)12)9-8-4-10/h4-6,9H,3H2,1-2H3,(H,11,12)/t5-,6-/m0/s1. The quantitative estimate of drug-likeness (QED) is 0.431. The van der Waals surface area contributed by atoms with Crippen molar-refractivity contribution in [3.05, 3.63) is 0 Å². The average Bonchev–Trinajstić information content (AvgIpc) is 2.04. The summed E-state index contributed by atoms with van der Waals surface area (Å²) in [6.45, 7) is 3.73. The molecule has 0 aromatic carbocycles. The van der Waals surface area contributed by atoms with Crippen LogP contribution in [0.4, 0.5) is 0 Å². The minimum Gasteiger partial charge on any atom is -0.480 e. The van der Waals surface area contributed by atoms with Crippen molar-refractivity contribution in [2.24, 2.45) is 5.92 Å². The van der Waals surface area contributed by atoms with E-state index in [2.05, 4.69) is 5.23 Å². The maximum Gasteiger partial charge on any atom is 0.319 e. The van der Waals surface area contributed by atoms with Gasteiger partial charge in [-0.3, -0.25) is 4.79 Å². The monoisotopic (exact) mass is 170 g/mol. The normalized spacial score (nSPS) is 14.8. The summed E-state index contributed by atoms with van der Waals surface area (Å²) >= 11 is 0. The second-order valence-electron chi connectivity index (χ2n) is 2.67. The van der Waals surface area contributed by atoms with Gasteiger partial charge < -0.3 is 15.1 Å². The number of carboxylic acids is 1. The number of carbonyl (C=O) groups is 2. The topological polar surface area (TPSA) is 66.4 Å². The molecule has 0 aliphatic carbocycles. The third-order valence-corrected chi connectivity index (χ3v) is 1.82. The lowest BCUT2D eigenvalue weighted by molar-refractivity contribution is -0.140. The Morgan fingerprint density at radius 3 is 2.67 bits per heavy atom. The molecule has 67 valence electrons. The molecule has 2 N–H and O–H groups in total. The Labute approximate surface area is 72.6 Å². The van der Waals surface area contributed by atoms with Crippen molar-refractivity contribution in [2.45, 2.75) is 26.3 Å². The number of aliphatic carboxylic acids is 1. The summed E-state index contributed by atoms with van der Waals surface area (Å²) < 4.78 is 0. The van der Waals surface area contributed by atoms with Gasteiger partial charge in [-0.15, -0.1) is 0 Å². The zero-order chi connectivity index (χ0) is 9.56. The molecule has 0 heterocycles. The zero-order valence-electron chi connectivity index (χ0n) is 7.28. The van der Waals surface area contributed by atoms with Gasteiger partial charge in [-0.05, 0) is 5.92 Å². The molecule has 0 saturated carbocycles. The summed E-state index contributed by atoms with van der Waals surface area (Å²) in [7, 11) is 1.12. The smallest absolute Gasteiger partial charge is 0.319 e. The molecule has 2 atom stereocenters. The van der Waals surface area contributed by atoms with Crippen LogP contribution in [-0.2, 0) is 9.59 Å².